The van der Waals surface area contributed by atoms with Gasteiger partial charge in [0, 0.05) is 122 Å². The van der Waals surface area contributed by atoms with Crippen molar-refractivity contribution >= 4 is 17.5 Å². The Hall–Kier alpha value is -4.19. The van der Waals surface area contributed by atoms with Crippen molar-refractivity contribution in [2.24, 2.45) is 11.8 Å². The molecule has 0 spiro atoms. The maximum atomic E-state index is 4.46. The number of piperidine rings is 2. The summed E-state index contributed by atoms with van der Waals surface area (Å²) in [5, 5.41) is 0. The third-order valence-corrected chi connectivity index (χ3v) is 11.9. The molecule has 372 valence electrons. The molecule has 0 N–H and O–H groups in total. The van der Waals surface area contributed by atoms with Crippen LogP contribution in [0.3, 0.4) is 0 Å². The van der Waals surface area contributed by atoms with E-state index in [1.807, 2.05) is 52.9 Å². The molecule has 0 atom stereocenters. The lowest BCUT2D eigenvalue weighted by atomic mass is 9.96. The summed E-state index contributed by atoms with van der Waals surface area (Å²) in [7, 11) is 4.37. The Kier molecular flexibility index (Phi) is 35.2. The highest BCUT2D eigenvalue weighted by molar-refractivity contribution is 5.47. The Balaban J connectivity index is 0.000000422. The van der Waals surface area contributed by atoms with Crippen LogP contribution in [0.2, 0.25) is 0 Å². The van der Waals surface area contributed by atoms with Gasteiger partial charge in [0.1, 0.15) is 11.6 Å². The molecule has 0 saturated carbocycles. The molecule has 3 aromatic heterocycles. The number of pyridine rings is 1. The molecule has 4 fully saturated rings. The SMILES string of the molecule is CC.CC.CCCC.CCCC.CN1CCN(CC2CCN(c3ccccn3)CC2)CC1.CN1CCN(c2ncccn2)CC1.Cc1ccc(N2CCC(C)CC2)cc1.Cc1ncccn1. The molecule has 66 heavy (non-hydrogen) atoms. The van der Waals surface area contributed by atoms with E-state index in [-0.39, 0.29) is 0 Å². The number of unbranched alkanes of at least 4 members (excludes halogenated alkanes) is 2. The van der Waals surface area contributed by atoms with Crippen molar-refractivity contribution in [2.45, 2.75) is 128 Å². The molecule has 7 heterocycles. The predicted octanol–water partition coefficient (Wildman–Crippen LogP) is 11.5. The number of aryl methyl sites for hydroxylation is 2. The van der Waals surface area contributed by atoms with Gasteiger partial charge in [0.25, 0.3) is 0 Å². The van der Waals surface area contributed by atoms with Crippen molar-refractivity contribution < 1.29 is 0 Å². The summed E-state index contributed by atoms with van der Waals surface area (Å²) in [5.74, 6) is 4.61. The number of aromatic nitrogens is 5. The minimum atomic E-state index is 0.822. The van der Waals surface area contributed by atoms with Crippen LogP contribution in [-0.4, -0.2) is 139 Å². The topological polar surface area (TPSA) is 83.9 Å². The number of likely N-dealkylation sites (N-methyl/N-ethyl adjacent to an activating group) is 2. The summed E-state index contributed by atoms with van der Waals surface area (Å²) in [6.45, 7) is 38.3. The Morgan fingerprint density at radius 1 is 0.470 bits per heavy atom. The van der Waals surface area contributed by atoms with E-state index in [0.29, 0.717) is 0 Å². The third kappa shape index (κ3) is 26.8. The zero-order valence-corrected chi connectivity index (χ0v) is 44.5. The lowest BCUT2D eigenvalue weighted by molar-refractivity contribution is 0.129. The molecule has 11 nitrogen and oxygen atoms in total. The Morgan fingerprint density at radius 2 is 0.924 bits per heavy atom. The summed E-state index contributed by atoms with van der Waals surface area (Å²) in [5.41, 5.74) is 2.74. The highest BCUT2D eigenvalue weighted by Gasteiger charge is 2.23. The fraction of sp³-hybridized carbons (Fsp3) is 0.655. The fourth-order valence-electron chi connectivity index (χ4n) is 7.14. The first-order chi connectivity index (χ1) is 32.1. The summed E-state index contributed by atoms with van der Waals surface area (Å²) < 4.78 is 0. The average Bonchev–Trinajstić information content (AvgIpc) is 3.38. The zero-order chi connectivity index (χ0) is 48.8. The lowest BCUT2D eigenvalue weighted by Gasteiger charge is -2.38. The van der Waals surface area contributed by atoms with Crippen LogP contribution in [0.1, 0.15) is 125 Å². The van der Waals surface area contributed by atoms with Gasteiger partial charge in [0.15, 0.2) is 0 Å². The van der Waals surface area contributed by atoms with Gasteiger partial charge < -0.3 is 29.4 Å². The van der Waals surface area contributed by atoms with Crippen molar-refractivity contribution in [3.05, 3.63) is 97.0 Å². The smallest absolute Gasteiger partial charge is 0.225 e. The van der Waals surface area contributed by atoms with E-state index in [4.69, 9.17) is 0 Å². The standard InChI is InChI=1S/C16H26N4.C13H19N.C9H14N4.C5H6N2.2C4H10.2C2H6/c1-18-10-12-19(13-11-18)14-15-5-8-20(9-6-15)16-4-2-3-7-17-16;1-11-3-5-13(6-4-11)14-9-7-12(2)8-10-14;1-12-5-7-13(8-6-12)9-10-3-2-4-11-9;1-5-6-3-2-4-7-5;2*1-3-4-2;2*1-2/h2-4,7,15H,5-6,8-14H2,1H3;3-6,12H,7-10H2,1-2H3;2-4H,5-8H2,1H3;2-4H,1H3;2*3-4H2,1-2H3;2*1-2H3. The summed E-state index contributed by atoms with van der Waals surface area (Å²) >= 11 is 0. The number of hydrogen-bond acceptors (Lipinski definition) is 11. The molecule has 0 aliphatic carbocycles. The van der Waals surface area contributed by atoms with Crippen molar-refractivity contribution in [2.75, 3.05) is 114 Å². The molecule has 0 unspecified atom stereocenters. The van der Waals surface area contributed by atoms with Gasteiger partial charge in [-0.3, -0.25) is 0 Å². The Labute approximate surface area is 405 Å². The van der Waals surface area contributed by atoms with E-state index < -0.39 is 0 Å². The van der Waals surface area contributed by atoms with Crippen molar-refractivity contribution in [1.82, 2.24) is 39.6 Å². The molecule has 11 heteroatoms. The van der Waals surface area contributed by atoms with Crippen molar-refractivity contribution in [3.63, 3.8) is 0 Å². The van der Waals surface area contributed by atoms with Crippen LogP contribution >= 0.6 is 0 Å². The van der Waals surface area contributed by atoms with Crippen LogP contribution in [-0.2, 0) is 0 Å². The van der Waals surface area contributed by atoms with Crippen LogP contribution < -0.4 is 14.7 Å². The monoisotopic (exact) mass is 912 g/mol. The number of anilines is 3. The minimum absolute atomic E-state index is 0.822. The third-order valence-electron chi connectivity index (χ3n) is 11.9. The summed E-state index contributed by atoms with van der Waals surface area (Å²) in [6, 6.07) is 18.7. The molecule has 4 aliphatic heterocycles. The molecule has 0 radical (unpaired) electrons. The molecule has 4 aliphatic rings. The van der Waals surface area contributed by atoms with E-state index in [2.05, 4.69) is 146 Å². The first kappa shape index (κ1) is 59.8. The molecular formula is C55H97N11. The van der Waals surface area contributed by atoms with Crippen LogP contribution in [0.5, 0.6) is 0 Å². The van der Waals surface area contributed by atoms with Gasteiger partial charge in [0.05, 0.1) is 0 Å². The van der Waals surface area contributed by atoms with Gasteiger partial charge in [-0.1, -0.05) is 112 Å². The first-order valence-corrected chi connectivity index (χ1v) is 26.0. The summed E-state index contributed by atoms with van der Waals surface area (Å²) in [4.78, 5) is 35.2. The van der Waals surface area contributed by atoms with E-state index in [9.17, 15) is 0 Å². The van der Waals surface area contributed by atoms with Gasteiger partial charge in [-0.05, 0) is 102 Å². The average molecular weight is 912 g/mol. The van der Waals surface area contributed by atoms with Gasteiger partial charge in [0.2, 0.25) is 5.95 Å². The normalized spacial score (nSPS) is 16.7. The first-order valence-electron chi connectivity index (χ1n) is 26.0. The highest BCUT2D eigenvalue weighted by Crippen LogP contribution is 2.24. The Bertz CT molecular complexity index is 1590. The molecule has 0 bridgehead atoms. The van der Waals surface area contributed by atoms with Crippen LogP contribution in [0.4, 0.5) is 17.5 Å². The lowest BCUT2D eigenvalue weighted by Crippen LogP contribution is -2.47. The van der Waals surface area contributed by atoms with Crippen molar-refractivity contribution in [1.29, 1.82) is 0 Å². The van der Waals surface area contributed by atoms with Crippen LogP contribution in [0.25, 0.3) is 0 Å². The number of nitrogens with zero attached hydrogens (tertiary/aromatic N) is 11. The van der Waals surface area contributed by atoms with E-state index in [1.54, 1.807) is 30.9 Å². The second kappa shape index (κ2) is 38.9. The van der Waals surface area contributed by atoms with E-state index in [0.717, 1.165) is 68.7 Å². The van der Waals surface area contributed by atoms with E-state index >= 15 is 0 Å². The van der Waals surface area contributed by atoms with Crippen molar-refractivity contribution in [3.8, 4) is 0 Å². The number of hydrogen-bond donors (Lipinski definition) is 0. The predicted molar refractivity (Wildman–Crippen MR) is 287 cm³/mol. The van der Waals surface area contributed by atoms with Gasteiger partial charge in [-0.15, -0.1) is 0 Å². The maximum Gasteiger partial charge on any atom is 0.225 e. The second-order valence-corrected chi connectivity index (χ2v) is 17.4. The molecule has 0 amide bonds. The number of piperazine rings is 2. The molecule has 4 aromatic rings. The van der Waals surface area contributed by atoms with Gasteiger partial charge in [-0.2, -0.15) is 0 Å². The molecular weight excluding hydrogens is 815 g/mol. The number of benzene rings is 1. The second-order valence-electron chi connectivity index (χ2n) is 17.4. The van der Waals surface area contributed by atoms with Gasteiger partial charge in [-0.25, -0.2) is 24.9 Å². The van der Waals surface area contributed by atoms with Crippen LogP contribution in [0, 0.1) is 25.7 Å². The zero-order valence-electron chi connectivity index (χ0n) is 44.5. The maximum absolute atomic E-state index is 4.46. The largest absolute Gasteiger partial charge is 0.372 e. The van der Waals surface area contributed by atoms with E-state index in [1.165, 1.54) is 108 Å². The van der Waals surface area contributed by atoms with Crippen LogP contribution in [0.15, 0.2) is 85.6 Å². The molecule has 1 aromatic carbocycles. The van der Waals surface area contributed by atoms with Gasteiger partial charge >= 0.3 is 0 Å². The fourth-order valence-corrected chi connectivity index (χ4v) is 7.14. The molecule has 8 rings (SSSR count). The quantitative estimate of drug-likeness (QED) is 0.178. The summed E-state index contributed by atoms with van der Waals surface area (Å²) in [6.07, 6.45) is 19.5. The number of rotatable bonds is 7. The Morgan fingerprint density at radius 3 is 1.36 bits per heavy atom. The minimum Gasteiger partial charge on any atom is -0.372 e. The molecule has 4 saturated heterocycles. The highest BCUT2D eigenvalue weighted by atomic mass is 15.3.